The average molecular weight is 296 g/mol. The lowest BCUT2D eigenvalue weighted by Crippen LogP contribution is -2.35. The molecule has 1 saturated carbocycles. The summed E-state index contributed by atoms with van der Waals surface area (Å²) in [5, 5.41) is 12.6. The minimum atomic E-state index is -0.0367. The van der Waals surface area contributed by atoms with Gasteiger partial charge in [-0.05, 0) is 30.7 Å². The lowest BCUT2D eigenvalue weighted by molar-refractivity contribution is -0.120. The maximum Gasteiger partial charge on any atom is 0.224 e. The van der Waals surface area contributed by atoms with Gasteiger partial charge < -0.3 is 10.4 Å². The molecular weight excluding hydrogens is 274 g/mol. The van der Waals surface area contributed by atoms with E-state index >= 15 is 0 Å². The van der Waals surface area contributed by atoms with Crippen LogP contribution in [-0.4, -0.2) is 23.4 Å². The number of phenolic OH excluding ortho intramolecular Hbond substituents is 1. The van der Waals surface area contributed by atoms with Gasteiger partial charge in [0.1, 0.15) is 5.75 Å². The van der Waals surface area contributed by atoms with Gasteiger partial charge in [-0.25, -0.2) is 0 Å². The largest absolute Gasteiger partial charge is 0.508 e. The van der Waals surface area contributed by atoms with Crippen LogP contribution >= 0.6 is 11.6 Å². The molecule has 1 amide bonds. The third-order valence-electron chi connectivity index (χ3n) is 4.17. The summed E-state index contributed by atoms with van der Waals surface area (Å²) >= 11 is 6.00. The Morgan fingerprint density at radius 2 is 1.95 bits per heavy atom. The smallest absolute Gasteiger partial charge is 0.224 e. The van der Waals surface area contributed by atoms with Gasteiger partial charge in [0.05, 0.1) is 6.42 Å². The zero-order chi connectivity index (χ0) is 14.4. The fraction of sp³-hybridized carbons (Fsp3) is 0.562. The van der Waals surface area contributed by atoms with E-state index in [9.17, 15) is 9.90 Å². The first kappa shape index (κ1) is 15.2. The SMILES string of the molecule is O=C(Cc1ccccc1O)NCC1CCCCC1CCl. The van der Waals surface area contributed by atoms with Crippen LogP contribution in [0, 0.1) is 11.8 Å². The molecule has 0 aliphatic heterocycles. The van der Waals surface area contributed by atoms with E-state index in [-0.39, 0.29) is 18.1 Å². The van der Waals surface area contributed by atoms with Gasteiger partial charge >= 0.3 is 0 Å². The molecule has 1 aromatic rings. The Kier molecular flexibility index (Phi) is 5.72. The third kappa shape index (κ3) is 4.14. The Morgan fingerprint density at radius 1 is 1.25 bits per heavy atom. The molecule has 0 heterocycles. The van der Waals surface area contributed by atoms with Crippen LogP contribution in [0.5, 0.6) is 5.75 Å². The summed E-state index contributed by atoms with van der Waals surface area (Å²) < 4.78 is 0. The predicted molar refractivity (Wildman–Crippen MR) is 81.0 cm³/mol. The molecule has 1 aromatic carbocycles. The number of para-hydroxylation sites is 1. The second kappa shape index (κ2) is 7.53. The molecule has 1 fully saturated rings. The molecule has 2 unspecified atom stereocenters. The summed E-state index contributed by atoms with van der Waals surface area (Å²) in [5.74, 6) is 1.84. The van der Waals surface area contributed by atoms with Crippen molar-refractivity contribution in [3.63, 3.8) is 0 Å². The monoisotopic (exact) mass is 295 g/mol. The number of halogens is 1. The summed E-state index contributed by atoms with van der Waals surface area (Å²) in [6.07, 6.45) is 5.02. The molecule has 2 rings (SSSR count). The molecule has 110 valence electrons. The van der Waals surface area contributed by atoms with Crippen LogP contribution in [0.4, 0.5) is 0 Å². The van der Waals surface area contributed by atoms with E-state index in [1.54, 1.807) is 18.2 Å². The number of carbonyl (C=O) groups is 1. The van der Waals surface area contributed by atoms with E-state index in [2.05, 4.69) is 5.32 Å². The van der Waals surface area contributed by atoms with Crippen molar-refractivity contribution in [2.75, 3.05) is 12.4 Å². The number of hydrogen-bond donors (Lipinski definition) is 2. The molecule has 0 radical (unpaired) electrons. The highest BCUT2D eigenvalue weighted by Crippen LogP contribution is 2.30. The molecule has 0 saturated heterocycles. The van der Waals surface area contributed by atoms with Crippen molar-refractivity contribution in [3.05, 3.63) is 29.8 Å². The van der Waals surface area contributed by atoms with Crippen LogP contribution in [0.1, 0.15) is 31.2 Å². The Bertz CT molecular complexity index is 450. The highest BCUT2D eigenvalue weighted by Gasteiger charge is 2.24. The normalized spacial score (nSPS) is 22.4. The van der Waals surface area contributed by atoms with E-state index in [1.807, 2.05) is 6.07 Å². The Balaban J connectivity index is 1.81. The fourth-order valence-electron chi connectivity index (χ4n) is 2.90. The first-order valence-electron chi connectivity index (χ1n) is 7.30. The van der Waals surface area contributed by atoms with Gasteiger partial charge in [-0.15, -0.1) is 11.6 Å². The van der Waals surface area contributed by atoms with E-state index in [0.29, 0.717) is 29.8 Å². The molecule has 20 heavy (non-hydrogen) atoms. The Labute approximate surface area is 125 Å². The fourth-order valence-corrected chi connectivity index (χ4v) is 3.30. The number of rotatable bonds is 5. The van der Waals surface area contributed by atoms with E-state index in [0.717, 1.165) is 6.42 Å². The zero-order valence-electron chi connectivity index (χ0n) is 11.6. The summed E-state index contributed by atoms with van der Waals surface area (Å²) in [6.45, 7) is 0.698. The number of aromatic hydroxyl groups is 1. The summed E-state index contributed by atoms with van der Waals surface area (Å²) in [7, 11) is 0. The van der Waals surface area contributed by atoms with Crippen LogP contribution in [-0.2, 0) is 11.2 Å². The van der Waals surface area contributed by atoms with Gasteiger partial charge in [0.2, 0.25) is 5.91 Å². The van der Waals surface area contributed by atoms with Crippen molar-refractivity contribution in [1.82, 2.24) is 5.32 Å². The van der Waals surface area contributed by atoms with Gasteiger partial charge in [0.25, 0.3) is 0 Å². The molecule has 0 aromatic heterocycles. The van der Waals surface area contributed by atoms with Crippen LogP contribution in [0.15, 0.2) is 24.3 Å². The average Bonchev–Trinajstić information content (AvgIpc) is 2.48. The van der Waals surface area contributed by atoms with Crippen LogP contribution in [0.2, 0.25) is 0 Å². The van der Waals surface area contributed by atoms with Gasteiger partial charge in [0.15, 0.2) is 0 Å². The summed E-state index contributed by atoms with van der Waals surface area (Å²) in [5.41, 5.74) is 0.669. The van der Waals surface area contributed by atoms with E-state index < -0.39 is 0 Å². The maximum absolute atomic E-state index is 11.9. The van der Waals surface area contributed by atoms with Gasteiger partial charge in [-0.1, -0.05) is 31.0 Å². The second-order valence-electron chi connectivity index (χ2n) is 5.57. The maximum atomic E-state index is 11.9. The third-order valence-corrected chi connectivity index (χ3v) is 4.57. The molecule has 3 nitrogen and oxygen atoms in total. The number of benzene rings is 1. The number of alkyl halides is 1. The van der Waals surface area contributed by atoms with Crippen molar-refractivity contribution in [1.29, 1.82) is 0 Å². The van der Waals surface area contributed by atoms with E-state index in [4.69, 9.17) is 11.6 Å². The summed E-state index contributed by atoms with van der Waals surface area (Å²) in [6, 6.07) is 6.96. The second-order valence-corrected chi connectivity index (χ2v) is 5.88. The Hall–Kier alpha value is -1.22. The highest BCUT2D eigenvalue weighted by atomic mass is 35.5. The van der Waals surface area contributed by atoms with Crippen molar-refractivity contribution < 1.29 is 9.90 Å². The molecule has 4 heteroatoms. The lowest BCUT2D eigenvalue weighted by atomic mass is 9.80. The van der Waals surface area contributed by atoms with E-state index in [1.165, 1.54) is 19.3 Å². The molecule has 0 spiro atoms. The topological polar surface area (TPSA) is 49.3 Å². The number of amides is 1. The molecule has 1 aliphatic rings. The van der Waals surface area contributed by atoms with Crippen molar-refractivity contribution in [3.8, 4) is 5.75 Å². The minimum absolute atomic E-state index is 0.0367. The number of carbonyl (C=O) groups excluding carboxylic acids is 1. The highest BCUT2D eigenvalue weighted by molar-refractivity contribution is 6.18. The number of hydrogen-bond acceptors (Lipinski definition) is 2. The lowest BCUT2D eigenvalue weighted by Gasteiger charge is -2.30. The quantitative estimate of drug-likeness (QED) is 0.820. The van der Waals surface area contributed by atoms with Crippen molar-refractivity contribution in [2.45, 2.75) is 32.1 Å². The molecular formula is C16H22ClNO2. The van der Waals surface area contributed by atoms with Gasteiger partial charge in [-0.3, -0.25) is 4.79 Å². The standard InChI is InChI=1S/C16H22ClNO2/c17-10-13-6-1-2-7-14(13)11-18-16(20)9-12-5-3-4-8-15(12)19/h3-5,8,13-14,19H,1-2,6-7,9-11H2,(H,18,20). The minimum Gasteiger partial charge on any atom is -0.508 e. The number of phenols is 1. The summed E-state index contributed by atoms with van der Waals surface area (Å²) in [4.78, 5) is 11.9. The van der Waals surface area contributed by atoms with Crippen LogP contribution in [0.3, 0.4) is 0 Å². The predicted octanol–water partition coefficient (Wildman–Crippen LogP) is 3.10. The first-order valence-corrected chi connectivity index (χ1v) is 7.83. The molecule has 0 bridgehead atoms. The van der Waals surface area contributed by atoms with Crippen molar-refractivity contribution >= 4 is 17.5 Å². The molecule has 2 N–H and O–H groups in total. The van der Waals surface area contributed by atoms with Crippen LogP contribution in [0.25, 0.3) is 0 Å². The van der Waals surface area contributed by atoms with Crippen molar-refractivity contribution in [2.24, 2.45) is 11.8 Å². The molecule has 2 atom stereocenters. The Morgan fingerprint density at radius 3 is 2.65 bits per heavy atom. The number of nitrogens with one attached hydrogen (secondary N) is 1. The van der Waals surface area contributed by atoms with Crippen LogP contribution < -0.4 is 5.32 Å². The van der Waals surface area contributed by atoms with Gasteiger partial charge in [0, 0.05) is 18.0 Å². The first-order chi connectivity index (χ1) is 9.70. The zero-order valence-corrected chi connectivity index (χ0v) is 12.4. The van der Waals surface area contributed by atoms with Gasteiger partial charge in [-0.2, -0.15) is 0 Å². The molecule has 1 aliphatic carbocycles.